The number of hydrogen-bond donors (Lipinski definition) is 0. The van der Waals surface area contributed by atoms with Crippen LogP contribution in [0.15, 0.2) is 36.1 Å². The molecule has 0 bridgehead atoms. The average molecular weight is 425 g/mol. The average Bonchev–Trinajstić information content (AvgIpc) is 3.27. The van der Waals surface area contributed by atoms with E-state index in [0.717, 1.165) is 53.6 Å². The highest BCUT2D eigenvalue weighted by atomic mass is 32.1. The van der Waals surface area contributed by atoms with Gasteiger partial charge in [0, 0.05) is 43.3 Å². The Labute approximate surface area is 179 Å². The fraction of sp³-hybridized carbons (Fsp3) is 0.478. The summed E-state index contributed by atoms with van der Waals surface area (Å²) in [5.74, 6) is 1.56. The number of benzene rings is 1. The third-order valence-corrected chi connectivity index (χ3v) is 7.24. The molecule has 1 aromatic carbocycles. The summed E-state index contributed by atoms with van der Waals surface area (Å²) in [5, 5.41) is 0.974. The van der Waals surface area contributed by atoms with Crippen molar-refractivity contribution < 1.29 is 9.18 Å². The quantitative estimate of drug-likeness (QED) is 0.590. The molecule has 5 rings (SSSR count). The second-order valence-electron chi connectivity index (χ2n) is 8.60. The van der Waals surface area contributed by atoms with E-state index in [0.29, 0.717) is 31.3 Å². The van der Waals surface area contributed by atoms with E-state index in [1.165, 1.54) is 0 Å². The molecule has 0 spiro atoms. The molecule has 2 aromatic heterocycles. The van der Waals surface area contributed by atoms with Crippen LogP contribution in [0.1, 0.15) is 31.5 Å². The maximum Gasteiger partial charge on any atom is 0.143 e. The van der Waals surface area contributed by atoms with Gasteiger partial charge in [-0.05, 0) is 43.2 Å². The van der Waals surface area contributed by atoms with Crippen molar-refractivity contribution >= 4 is 28.0 Å². The molecule has 2 aliphatic rings. The molecule has 1 aliphatic heterocycles. The number of fused-ring (bicyclic) bond motifs is 1. The van der Waals surface area contributed by atoms with E-state index < -0.39 is 6.17 Å². The molecule has 2 fully saturated rings. The lowest BCUT2D eigenvalue weighted by molar-refractivity contribution is -0.123. The molecule has 0 amide bonds. The van der Waals surface area contributed by atoms with Crippen LogP contribution in [0.2, 0.25) is 0 Å². The summed E-state index contributed by atoms with van der Waals surface area (Å²) in [4.78, 5) is 29.4. The summed E-state index contributed by atoms with van der Waals surface area (Å²) in [6, 6.07) is 6.11. The Kier molecular flexibility index (Phi) is 5.56. The van der Waals surface area contributed by atoms with Crippen molar-refractivity contribution in [1.29, 1.82) is 0 Å². The van der Waals surface area contributed by atoms with Gasteiger partial charge in [-0.3, -0.25) is 14.7 Å². The highest BCUT2D eigenvalue weighted by Gasteiger charge is 2.31. The number of alkyl halides is 1. The van der Waals surface area contributed by atoms with Crippen molar-refractivity contribution in [3.63, 3.8) is 0 Å². The highest BCUT2D eigenvalue weighted by Crippen LogP contribution is 2.32. The fourth-order valence-electron chi connectivity index (χ4n) is 4.65. The first-order valence-electron chi connectivity index (χ1n) is 10.7. The summed E-state index contributed by atoms with van der Waals surface area (Å²) in [7, 11) is 0. The third-order valence-electron chi connectivity index (χ3n) is 6.41. The van der Waals surface area contributed by atoms with Crippen molar-refractivity contribution in [3.8, 4) is 10.4 Å². The molecular formula is C23H25FN4OS. The molecule has 5 nitrogen and oxygen atoms in total. The SMILES string of the molecule is O=C(Cc1ncc2ccc(-c3cncs3)cc2n1)C1CCC(CN2CC(F)C2)CC1. The van der Waals surface area contributed by atoms with Gasteiger partial charge in [-0.2, -0.15) is 0 Å². The van der Waals surface area contributed by atoms with Gasteiger partial charge in [0.25, 0.3) is 0 Å². The van der Waals surface area contributed by atoms with Crippen LogP contribution in [-0.4, -0.2) is 51.4 Å². The lowest BCUT2D eigenvalue weighted by Crippen LogP contribution is -2.50. The maximum absolute atomic E-state index is 13.0. The van der Waals surface area contributed by atoms with E-state index in [4.69, 9.17) is 0 Å². The zero-order chi connectivity index (χ0) is 20.5. The van der Waals surface area contributed by atoms with Gasteiger partial charge in [0.1, 0.15) is 17.8 Å². The van der Waals surface area contributed by atoms with Crippen LogP contribution in [0.4, 0.5) is 4.39 Å². The van der Waals surface area contributed by atoms with Crippen LogP contribution in [0.5, 0.6) is 0 Å². The first kappa shape index (κ1) is 19.7. The van der Waals surface area contributed by atoms with Crippen LogP contribution in [0.25, 0.3) is 21.3 Å². The van der Waals surface area contributed by atoms with E-state index in [1.54, 1.807) is 11.3 Å². The number of rotatable bonds is 6. The number of Topliss-reactive ketones (excluding diaryl/α,β-unsaturated/α-hetero) is 1. The van der Waals surface area contributed by atoms with Crippen molar-refractivity contribution in [1.82, 2.24) is 19.9 Å². The number of carbonyl (C=O) groups is 1. The smallest absolute Gasteiger partial charge is 0.143 e. The molecule has 1 saturated carbocycles. The molecule has 156 valence electrons. The van der Waals surface area contributed by atoms with Crippen LogP contribution in [0.3, 0.4) is 0 Å². The Bertz CT molecular complexity index is 1030. The van der Waals surface area contributed by atoms with Crippen molar-refractivity contribution in [3.05, 3.63) is 41.9 Å². The van der Waals surface area contributed by atoms with Gasteiger partial charge in [-0.25, -0.2) is 14.4 Å². The van der Waals surface area contributed by atoms with Crippen molar-refractivity contribution in [2.24, 2.45) is 11.8 Å². The fourth-order valence-corrected chi connectivity index (χ4v) is 5.27. The van der Waals surface area contributed by atoms with Gasteiger partial charge in [0.15, 0.2) is 0 Å². The first-order chi connectivity index (χ1) is 14.6. The summed E-state index contributed by atoms with van der Waals surface area (Å²) < 4.78 is 13.0. The molecule has 0 unspecified atom stereocenters. The number of likely N-dealkylation sites (tertiary alicyclic amines) is 1. The Hall–Kier alpha value is -2.25. The van der Waals surface area contributed by atoms with Gasteiger partial charge < -0.3 is 0 Å². The second-order valence-corrected chi connectivity index (χ2v) is 9.49. The van der Waals surface area contributed by atoms with E-state index in [2.05, 4.69) is 25.9 Å². The molecule has 3 heterocycles. The van der Waals surface area contributed by atoms with E-state index in [-0.39, 0.29) is 11.7 Å². The van der Waals surface area contributed by atoms with Gasteiger partial charge >= 0.3 is 0 Å². The molecule has 1 saturated heterocycles. The molecule has 7 heteroatoms. The number of hydrogen-bond acceptors (Lipinski definition) is 6. The van der Waals surface area contributed by atoms with E-state index >= 15 is 0 Å². The monoisotopic (exact) mass is 424 g/mol. The number of nitrogens with zero attached hydrogens (tertiary/aromatic N) is 4. The lowest BCUT2D eigenvalue weighted by atomic mass is 9.79. The van der Waals surface area contributed by atoms with E-state index in [9.17, 15) is 9.18 Å². The van der Waals surface area contributed by atoms with Crippen molar-refractivity contribution in [2.75, 3.05) is 19.6 Å². The van der Waals surface area contributed by atoms with Crippen LogP contribution in [-0.2, 0) is 11.2 Å². The summed E-state index contributed by atoms with van der Waals surface area (Å²) in [6.07, 6.45) is 7.30. The molecule has 1 aliphatic carbocycles. The summed E-state index contributed by atoms with van der Waals surface area (Å²) in [5.41, 5.74) is 3.77. The normalized spacial score (nSPS) is 22.8. The molecule has 3 aromatic rings. The Morgan fingerprint density at radius 1 is 1.17 bits per heavy atom. The largest absolute Gasteiger partial charge is 0.299 e. The minimum atomic E-state index is -0.636. The number of aromatic nitrogens is 3. The number of ketones is 1. The summed E-state index contributed by atoms with van der Waals surface area (Å²) in [6.45, 7) is 2.16. The summed E-state index contributed by atoms with van der Waals surface area (Å²) >= 11 is 1.60. The van der Waals surface area contributed by atoms with Gasteiger partial charge in [0.05, 0.1) is 22.3 Å². The standard InChI is InChI=1S/C23H25FN4OS/c24-19-12-28(13-19)11-15-1-3-16(4-2-15)21(29)8-23-26-9-18-6-5-17(7-20(18)27-23)22-10-25-14-30-22/h5-7,9-10,14-16,19H,1-4,8,11-13H2. The van der Waals surface area contributed by atoms with Gasteiger partial charge in [-0.1, -0.05) is 12.1 Å². The van der Waals surface area contributed by atoms with Crippen LogP contribution in [0, 0.1) is 11.8 Å². The zero-order valence-electron chi connectivity index (χ0n) is 16.8. The zero-order valence-corrected chi connectivity index (χ0v) is 17.7. The van der Waals surface area contributed by atoms with Crippen molar-refractivity contribution in [2.45, 2.75) is 38.3 Å². The predicted octanol–water partition coefficient (Wildman–Crippen LogP) is 4.33. The molecule has 30 heavy (non-hydrogen) atoms. The molecule has 0 atom stereocenters. The number of thiazole rings is 1. The lowest BCUT2D eigenvalue weighted by Gasteiger charge is -2.38. The van der Waals surface area contributed by atoms with Gasteiger partial charge in [-0.15, -0.1) is 11.3 Å². The molecule has 0 radical (unpaired) electrons. The number of carbonyl (C=O) groups excluding carboxylic acids is 1. The Morgan fingerprint density at radius 2 is 2.00 bits per heavy atom. The van der Waals surface area contributed by atoms with Crippen LogP contribution >= 0.6 is 11.3 Å². The predicted molar refractivity (Wildman–Crippen MR) is 116 cm³/mol. The van der Waals surface area contributed by atoms with Gasteiger partial charge in [0.2, 0.25) is 0 Å². The second kappa shape index (κ2) is 8.47. The van der Waals surface area contributed by atoms with E-state index in [1.807, 2.05) is 30.0 Å². The first-order valence-corrected chi connectivity index (χ1v) is 11.6. The topological polar surface area (TPSA) is 59.0 Å². The molecule has 0 N–H and O–H groups in total. The highest BCUT2D eigenvalue weighted by molar-refractivity contribution is 7.13. The van der Waals surface area contributed by atoms with Crippen LogP contribution < -0.4 is 0 Å². The minimum Gasteiger partial charge on any atom is -0.299 e. The Morgan fingerprint density at radius 3 is 2.73 bits per heavy atom. The minimum absolute atomic E-state index is 0.106. The maximum atomic E-state index is 13.0. The Balaban J connectivity index is 1.20. The molecular weight excluding hydrogens is 399 g/mol. The number of halogens is 1. The third kappa shape index (κ3) is 4.27.